The lowest BCUT2D eigenvalue weighted by Crippen LogP contribution is -2.60. The molecule has 5 rings (SSSR count). The van der Waals surface area contributed by atoms with Crippen LogP contribution in [-0.4, -0.2) is 47.0 Å². The minimum atomic E-state index is -1.02. The number of phenolic OH excluding ortho intramolecular Hbond substituents is 1. The number of hydrogen-bond donors (Lipinski definition) is 3. The zero-order valence-corrected chi connectivity index (χ0v) is 19.8. The molecule has 7 nitrogen and oxygen atoms in total. The van der Waals surface area contributed by atoms with E-state index in [0.717, 1.165) is 29.5 Å². The van der Waals surface area contributed by atoms with Crippen molar-refractivity contribution >= 4 is 28.9 Å². The second-order valence-electron chi connectivity index (χ2n) is 9.04. The molecular weight excluding hydrogens is 464 g/mol. The normalized spacial score (nSPS) is 21.9. The van der Waals surface area contributed by atoms with Crippen molar-refractivity contribution in [3.8, 4) is 16.9 Å². The van der Waals surface area contributed by atoms with Crippen LogP contribution in [0.25, 0.3) is 11.1 Å². The van der Waals surface area contributed by atoms with Crippen molar-refractivity contribution in [1.82, 2.24) is 10.6 Å². The third-order valence-electron chi connectivity index (χ3n) is 6.77. The van der Waals surface area contributed by atoms with Gasteiger partial charge in [-0.15, -0.1) is 11.3 Å². The summed E-state index contributed by atoms with van der Waals surface area (Å²) in [5.74, 6) is -0.774. The molecule has 1 aliphatic carbocycles. The van der Waals surface area contributed by atoms with E-state index in [1.807, 2.05) is 41.8 Å². The Labute approximate surface area is 207 Å². The number of hydrogen-bond acceptors (Lipinski definition) is 6. The van der Waals surface area contributed by atoms with Crippen molar-refractivity contribution in [3.63, 3.8) is 0 Å². The minimum absolute atomic E-state index is 0.00259. The molecule has 2 aliphatic rings. The molecule has 0 radical (unpaired) electrons. The van der Waals surface area contributed by atoms with E-state index in [1.165, 1.54) is 23.5 Å². The monoisotopic (exact) mass is 490 g/mol. The summed E-state index contributed by atoms with van der Waals surface area (Å²) < 4.78 is 5.62. The van der Waals surface area contributed by atoms with Gasteiger partial charge in [-0.25, -0.2) is 0 Å². The number of ketones is 1. The van der Waals surface area contributed by atoms with Gasteiger partial charge in [0.15, 0.2) is 5.78 Å². The number of carbonyl (C=O) groups excluding carboxylic acids is 3. The van der Waals surface area contributed by atoms with E-state index < -0.39 is 17.5 Å². The number of fused-ring (bicyclic) bond motifs is 1. The van der Waals surface area contributed by atoms with Crippen molar-refractivity contribution < 1.29 is 24.2 Å². The highest BCUT2D eigenvalue weighted by molar-refractivity contribution is 7.12. The van der Waals surface area contributed by atoms with Crippen LogP contribution in [0, 0.1) is 0 Å². The molecule has 0 spiro atoms. The number of ether oxygens (including phenoxy) is 1. The first-order chi connectivity index (χ1) is 16.9. The number of carbonyl (C=O) groups is 3. The zero-order valence-electron chi connectivity index (χ0n) is 19.0. The number of nitrogens with one attached hydrogen (secondary N) is 2. The quantitative estimate of drug-likeness (QED) is 0.471. The largest absolute Gasteiger partial charge is 0.508 e. The van der Waals surface area contributed by atoms with Crippen LogP contribution in [0.5, 0.6) is 5.75 Å². The van der Waals surface area contributed by atoms with Gasteiger partial charge in [0.25, 0.3) is 5.91 Å². The molecule has 2 amide bonds. The maximum atomic E-state index is 13.5. The Hall–Kier alpha value is -3.49. The van der Waals surface area contributed by atoms with Gasteiger partial charge in [0.1, 0.15) is 23.9 Å². The first-order valence-electron chi connectivity index (χ1n) is 11.6. The van der Waals surface area contributed by atoms with Crippen LogP contribution < -0.4 is 10.6 Å². The Bertz CT molecular complexity index is 1240. The number of benzene rings is 2. The molecule has 3 atom stereocenters. The van der Waals surface area contributed by atoms with Gasteiger partial charge in [0.2, 0.25) is 5.91 Å². The highest BCUT2D eigenvalue weighted by Gasteiger charge is 2.55. The van der Waals surface area contributed by atoms with E-state index in [-0.39, 0.29) is 36.6 Å². The molecule has 3 aromatic rings. The molecule has 180 valence electrons. The molecule has 1 saturated heterocycles. The third-order valence-corrected chi connectivity index (χ3v) is 7.70. The van der Waals surface area contributed by atoms with Gasteiger partial charge >= 0.3 is 0 Å². The summed E-state index contributed by atoms with van der Waals surface area (Å²) in [5, 5.41) is 17.3. The Morgan fingerprint density at radius 3 is 2.66 bits per heavy atom. The van der Waals surface area contributed by atoms with Gasteiger partial charge in [-0.3, -0.25) is 14.4 Å². The standard InChI is InChI=1S/C27H26N2O5S/c30-20-10-8-17(9-11-20)13-21(25(32)29-27-12-4-7-24(27)34-15-23(27)31)28-26(33)22-14-19(16-35-22)18-5-2-1-3-6-18/h1-3,5-6,8-11,14,16,21,24,30H,4,7,12-13,15H2,(H,28,33)(H,29,32). The van der Waals surface area contributed by atoms with Crippen molar-refractivity contribution in [3.05, 3.63) is 76.5 Å². The molecule has 3 unspecified atom stereocenters. The second kappa shape index (κ2) is 9.64. The lowest BCUT2D eigenvalue weighted by atomic mass is 9.91. The van der Waals surface area contributed by atoms with E-state index in [9.17, 15) is 19.5 Å². The van der Waals surface area contributed by atoms with Gasteiger partial charge in [-0.2, -0.15) is 0 Å². The van der Waals surface area contributed by atoms with E-state index in [0.29, 0.717) is 11.3 Å². The average Bonchev–Trinajstić information content (AvgIpc) is 3.58. The Morgan fingerprint density at radius 1 is 1.11 bits per heavy atom. The van der Waals surface area contributed by atoms with Crippen LogP contribution in [0.1, 0.15) is 34.5 Å². The van der Waals surface area contributed by atoms with Gasteiger partial charge < -0.3 is 20.5 Å². The molecule has 35 heavy (non-hydrogen) atoms. The number of amides is 2. The smallest absolute Gasteiger partial charge is 0.262 e. The molecule has 2 heterocycles. The van der Waals surface area contributed by atoms with Gasteiger partial charge in [-0.1, -0.05) is 42.5 Å². The predicted octanol–water partition coefficient (Wildman–Crippen LogP) is 3.47. The van der Waals surface area contributed by atoms with Crippen molar-refractivity contribution in [2.24, 2.45) is 0 Å². The molecule has 1 aromatic heterocycles. The fourth-order valence-corrected chi connectivity index (χ4v) is 5.71. The van der Waals surface area contributed by atoms with E-state index in [1.54, 1.807) is 12.1 Å². The molecule has 1 saturated carbocycles. The average molecular weight is 491 g/mol. The van der Waals surface area contributed by atoms with Crippen molar-refractivity contribution in [2.45, 2.75) is 43.4 Å². The van der Waals surface area contributed by atoms with Crippen molar-refractivity contribution in [2.75, 3.05) is 6.61 Å². The first-order valence-corrected chi connectivity index (χ1v) is 12.5. The Balaban J connectivity index is 1.36. The molecule has 2 fully saturated rings. The highest BCUT2D eigenvalue weighted by Crippen LogP contribution is 2.38. The summed E-state index contributed by atoms with van der Waals surface area (Å²) in [6, 6.07) is 17.2. The number of aromatic hydroxyl groups is 1. The Morgan fingerprint density at radius 2 is 1.89 bits per heavy atom. The summed E-state index contributed by atoms with van der Waals surface area (Å²) in [6.45, 7) is -0.00259. The zero-order chi connectivity index (χ0) is 24.4. The molecule has 0 bridgehead atoms. The number of phenols is 1. The molecule has 2 aromatic carbocycles. The van der Waals surface area contributed by atoms with Crippen LogP contribution in [0.4, 0.5) is 0 Å². The summed E-state index contributed by atoms with van der Waals surface area (Å²) in [7, 11) is 0. The lowest BCUT2D eigenvalue weighted by Gasteiger charge is -2.30. The summed E-state index contributed by atoms with van der Waals surface area (Å²) >= 11 is 1.31. The highest BCUT2D eigenvalue weighted by atomic mass is 32.1. The van der Waals surface area contributed by atoms with Crippen LogP contribution in [0.3, 0.4) is 0 Å². The van der Waals surface area contributed by atoms with Crippen molar-refractivity contribution in [1.29, 1.82) is 0 Å². The first kappa shape index (κ1) is 23.3. The van der Waals surface area contributed by atoms with Crippen LogP contribution >= 0.6 is 11.3 Å². The molecule has 1 aliphatic heterocycles. The molecule has 8 heteroatoms. The predicted molar refractivity (Wildman–Crippen MR) is 132 cm³/mol. The fraction of sp³-hybridized carbons (Fsp3) is 0.296. The summed E-state index contributed by atoms with van der Waals surface area (Å²) in [6.07, 6.45) is 1.94. The summed E-state index contributed by atoms with van der Waals surface area (Å²) in [5.41, 5.74) is 1.70. The summed E-state index contributed by atoms with van der Waals surface area (Å²) in [4.78, 5) is 39.8. The molecular formula is C27H26N2O5S. The molecule has 3 N–H and O–H groups in total. The topological polar surface area (TPSA) is 105 Å². The minimum Gasteiger partial charge on any atom is -0.508 e. The van der Waals surface area contributed by atoms with Crippen LogP contribution in [0.2, 0.25) is 0 Å². The van der Waals surface area contributed by atoms with Gasteiger partial charge in [0.05, 0.1) is 11.0 Å². The fourth-order valence-electron chi connectivity index (χ4n) is 4.89. The number of Topliss-reactive ketones (excluding diaryl/α,β-unsaturated/α-hetero) is 1. The van der Waals surface area contributed by atoms with E-state index >= 15 is 0 Å². The Kier molecular flexibility index (Phi) is 6.40. The maximum Gasteiger partial charge on any atom is 0.262 e. The van der Waals surface area contributed by atoms with Gasteiger partial charge in [0, 0.05) is 6.42 Å². The van der Waals surface area contributed by atoms with Crippen LogP contribution in [0.15, 0.2) is 66.0 Å². The maximum absolute atomic E-state index is 13.5. The van der Waals surface area contributed by atoms with E-state index in [4.69, 9.17) is 4.74 Å². The SMILES string of the molecule is O=C(NC(Cc1ccc(O)cc1)C(=O)NC12CCCC1OCC2=O)c1cc(-c2ccccc2)cs1. The van der Waals surface area contributed by atoms with E-state index in [2.05, 4.69) is 10.6 Å². The lowest BCUT2D eigenvalue weighted by molar-refractivity contribution is -0.131. The number of rotatable bonds is 7. The van der Waals surface area contributed by atoms with Gasteiger partial charge in [-0.05, 0) is 59.5 Å². The van der Waals surface area contributed by atoms with Crippen LogP contribution in [-0.2, 0) is 20.7 Å². The number of thiophene rings is 1. The second-order valence-corrected chi connectivity index (χ2v) is 9.95. The third kappa shape index (κ3) is 4.72.